The number of carboxylic acids is 1. The van der Waals surface area contributed by atoms with Crippen LogP contribution in [0.2, 0.25) is 0 Å². The maximum atomic E-state index is 12.2. The SMILES string of the molecule is O=C(O)CNCCc1ccc(C(F)(F)F)cc1. The van der Waals surface area contributed by atoms with Gasteiger partial charge >= 0.3 is 12.1 Å². The summed E-state index contributed by atoms with van der Waals surface area (Å²) in [6, 6.07) is 4.83. The molecule has 0 aliphatic rings. The first-order valence-electron chi connectivity index (χ1n) is 4.98. The fourth-order valence-corrected chi connectivity index (χ4v) is 1.29. The van der Waals surface area contributed by atoms with E-state index in [9.17, 15) is 18.0 Å². The number of hydrogen-bond acceptors (Lipinski definition) is 2. The van der Waals surface area contributed by atoms with Gasteiger partial charge in [-0.15, -0.1) is 0 Å². The van der Waals surface area contributed by atoms with Gasteiger partial charge in [0.1, 0.15) is 0 Å². The van der Waals surface area contributed by atoms with Gasteiger partial charge in [-0.1, -0.05) is 12.1 Å². The summed E-state index contributed by atoms with van der Waals surface area (Å²) in [6.07, 6.45) is -3.83. The van der Waals surface area contributed by atoms with Crippen LogP contribution in [-0.4, -0.2) is 24.2 Å². The molecule has 0 saturated carbocycles. The van der Waals surface area contributed by atoms with Gasteiger partial charge in [0, 0.05) is 0 Å². The van der Waals surface area contributed by atoms with Crippen LogP contribution in [0.1, 0.15) is 11.1 Å². The Morgan fingerprint density at radius 2 is 1.82 bits per heavy atom. The zero-order chi connectivity index (χ0) is 12.9. The third-order valence-electron chi connectivity index (χ3n) is 2.15. The van der Waals surface area contributed by atoms with E-state index in [-0.39, 0.29) is 6.54 Å². The minimum Gasteiger partial charge on any atom is -0.480 e. The zero-order valence-corrected chi connectivity index (χ0v) is 8.92. The van der Waals surface area contributed by atoms with Gasteiger partial charge in [-0.2, -0.15) is 13.2 Å². The summed E-state index contributed by atoms with van der Waals surface area (Å²) in [5.74, 6) is -0.961. The van der Waals surface area contributed by atoms with Crippen molar-refractivity contribution in [2.24, 2.45) is 0 Å². The van der Waals surface area contributed by atoms with Crippen LogP contribution in [0.25, 0.3) is 0 Å². The van der Waals surface area contributed by atoms with E-state index in [0.717, 1.165) is 17.7 Å². The van der Waals surface area contributed by atoms with Gasteiger partial charge in [0.05, 0.1) is 12.1 Å². The molecule has 0 fully saturated rings. The topological polar surface area (TPSA) is 49.3 Å². The summed E-state index contributed by atoms with van der Waals surface area (Å²) in [4.78, 5) is 10.2. The summed E-state index contributed by atoms with van der Waals surface area (Å²) >= 11 is 0. The monoisotopic (exact) mass is 247 g/mol. The fraction of sp³-hybridized carbons (Fsp3) is 0.364. The van der Waals surface area contributed by atoms with E-state index in [2.05, 4.69) is 5.32 Å². The number of benzene rings is 1. The molecule has 0 saturated heterocycles. The first-order valence-corrected chi connectivity index (χ1v) is 4.98. The highest BCUT2D eigenvalue weighted by molar-refractivity contribution is 5.68. The van der Waals surface area contributed by atoms with Gasteiger partial charge < -0.3 is 10.4 Å². The number of aliphatic carboxylic acids is 1. The van der Waals surface area contributed by atoms with Gasteiger partial charge in [-0.25, -0.2) is 0 Å². The molecule has 0 aliphatic heterocycles. The van der Waals surface area contributed by atoms with Crippen molar-refractivity contribution < 1.29 is 23.1 Å². The van der Waals surface area contributed by atoms with E-state index >= 15 is 0 Å². The summed E-state index contributed by atoms with van der Waals surface area (Å²) < 4.78 is 36.7. The summed E-state index contributed by atoms with van der Waals surface area (Å²) in [5.41, 5.74) is 0.0515. The lowest BCUT2D eigenvalue weighted by Crippen LogP contribution is -2.24. The van der Waals surface area contributed by atoms with Crippen molar-refractivity contribution in [2.75, 3.05) is 13.1 Å². The predicted octanol–water partition coefficient (Wildman–Crippen LogP) is 1.92. The van der Waals surface area contributed by atoms with E-state index in [0.29, 0.717) is 13.0 Å². The smallest absolute Gasteiger partial charge is 0.416 e. The average molecular weight is 247 g/mol. The standard InChI is InChI=1S/C11H12F3NO2/c12-11(13,14)9-3-1-8(2-4-9)5-6-15-7-10(16)17/h1-4,15H,5-7H2,(H,16,17). The second-order valence-electron chi connectivity index (χ2n) is 3.52. The summed E-state index contributed by atoms with van der Waals surface area (Å²) in [6.45, 7) is 0.262. The molecule has 94 valence electrons. The van der Waals surface area contributed by atoms with Crippen LogP contribution in [0.4, 0.5) is 13.2 Å². The Labute approximate surface area is 96.3 Å². The van der Waals surface area contributed by atoms with Gasteiger partial charge in [0.15, 0.2) is 0 Å². The van der Waals surface area contributed by atoms with E-state index in [1.165, 1.54) is 12.1 Å². The molecule has 0 bridgehead atoms. The van der Waals surface area contributed by atoms with Gasteiger partial charge in [0.2, 0.25) is 0 Å². The van der Waals surface area contributed by atoms with Gasteiger partial charge in [0.25, 0.3) is 0 Å². The maximum absolute atomic E-state index is 12.2. The number of alkyl halides is 3. The molecule has 0 heterocycles. The number of nitrogens with one attached hydrogen (secondary N) is 1. The number of halogens is 3. The van der Waals surface area contributed by atoms with Gasteiger partial charge in [-0.3, -0.25) is 4.79 Å². The lowest BCUT2D eigenvalue weighted by atomic mass is 10.1. The van der Waals surface area contributed by atoms with E-state index < -0.39 is 17.7 Å². The largest absolute Gasteiger partial charge is 0.480 e. The van der Waals surface area contributed by atoms with Crippen LogP contribution >= 0.6 is 0 Å². The highest BCUT2D eigenvalue weighted by Gasteiger charge is 2.29. The quantitative estimate of drug-likeness (QED) is 0.781. The Morgan fingerprint density at radius 1 is 1.24 bits per heavy atom. The molecule has 3 nitrogen and oxygen atoms in total. The number of hydrogen-bond donors (Lipinski definition) is 2. The predicted molar refractivity (Wildman–Crippen MR) is 55.7 cm³/mol. The first kappa shape index (κ1) is 13.5. The Bertz CT molecular complexity index is 373. The molecule has 0 amide bonds. The molecule has 0 spiro atoms. The van der Waals surface area contributed by atoms with Crippen molar-refractivity contribution in [2.45, 2.75) is 12.6 Å². The average Bonchev–Trinajstić information content (AvgIpc) is 2.23. The molecule has 0 radical (unpaired) electrons. The van der Waals surface area contributed by atoms with Crippen molar-refractivity contribution in [3.8, 4) is 0 Å². The molecule has 2 N–H and O–H groups in total. The molecular weight excluding hydrogens is 235 g/mol. The summed E-state index contributed by atoms with van der Waals surface area (Å²) in [5, 5.41) is 11.0. The minimum atomic E-state index is -4.32. The van der Waals surface area contributed by atoms with Crippen LogP contribution in [0, 0.1) is 0 Å². The number of rotatable bonds is 5. The molecule has 0 unspecified atom stereocenters. The molecule has 6 heteroatoms. The molecule has 1 rings (SSSR count). The molecule has 1 aromatic rings. The lowest BCUT2D eigenvalue weighted by molar-refractivity contribution is -0.138. The van der Waals surface area contributed by atoms with Crippen LogP contribution in [-0.2, 0) is 17.4 Å². The van der Waals surface area contributed by atoms with Crippen LogP contribution in [0.5, 0.6) is 0 Å². The first-order chi connectivity index (χ1) is 7.89. The molecule has 17 heavy (non-hydrogen) atoms. The lowest BCUT2D eigenvalue weighted by Gasteiger charge is -2.07. The second kappa shape index (κ2) is 5.67. The number of carboxylic acid groups (broad SMARTS) is 1. The molecule has 0 aromatic heterocycles. The Morgan fingerprint density at radius 3 is 2.29 bits per heavy atom. The van der Waals surface area contributed by atoms with E-state index in [1.54, 1.807) is 0 Å². The zero-order valence-electron chi connectivity index (χ0n) is 8.92. The Kier molecular flexibility index (Phi) is 4.51. The Balaban J connectivity index is 2.43. The molecule has 0 atom stereocenters. The normalized spacial score (nSPS) is 11.5. The van der Waals surface area contributed by atoms with Crippen LogP contribution in [0.15, 0.2) is 24.3 Å². The van der Waals surface area contributed by atoms with E-state index in [4.69, 9.17) is 5.11 Å². The second-order valence-corrected chi connectivity index (χ2v) is 3.52. The van der Waals surface area contributed by atoms with Crippen LogP contribution < -0.4 is 5.32 Å². The van der Waals surface area contributed by atoms with E-state index in [1.807, 2.05) is 0 Å². The number of carbonyl (C=O) groups is 1. The third kappa shape index (κ3) is 4.86. The Hall–Kier alpha value is -1.56. The summed E-state index contributed by atoms with van der Waals surface area (Å²) in [7, 11) is 0. The van der Waals surface area contributed by atoms with Crippen molar-refractivity contribution in [1.82, 2.24) is 5.32 Å². The van der Waals surface area contributed by atoms with Crippen molar-refractivity contribution in [1.29, 1.82) is 0 Å². The highest BCUT2D eigenvalue weighted by atomic mass is 19.4. The minimum absolute atomic E-state index is 0.152. The van der Waals surface area contributed by atoms with Crippen molar-refractivity contribution in [3.05, 3.63) is 35.4 Å². The molecular formula is C11H12F3NO2. The third-order valence-corrected chi connectivity index (χ3v) is 2.15. The van der Waals surface area contributed by atoms with Crippen molar-refractivity contribution in [3.63, 3.8) is 0 Å². The maximum Gasteiger partial charge on any atom is 0.416 e. The van der Waals surface area contributed by atoms with Gasteiger partial charge in [-0.05, 0) is 30.7 Å². The molecule has 1 aromatic carbocycles. The van der Waals surface area contributed by atoms with Crippen molar-refractivity contribution >= 4 is 5.97 Å². The highest BCUT2D eigenvalue weighted by Crippen LogP contribution is 2.29. The van der Waals surface area contributed by atoms with Crippen LogP contribution in [0.3, 0.4) is 0 Å². The molecule has 0 aliphatic carbocycles. The fourth-order valence-electron chi connectivity index (χ4n) is 1.29.